The molecule has 1 atom stereocenters. The van der Waals surface area contributed by atoms with Crippen LogP contribution in [-0.4, -0.2) is 28.5 Å². The maximum absolute atomic E-state index is 12.7. The van der Waals surface area contributed by atoms with Gasteiger partial charge in [0.2, 0.25) is 0 Å². The molecule has 160 valence electrons. The Balaban J connectivity index is 1.70. The number of carbonyl (C=O) groups excluding carboxylic acids is 3. The second-order valence-electron chi connectivity index (χ2n) is 7.15. The predicted molar refractivity (Wildman–Crippen MR) is 118 cm³/mol. The fourth-order valence-corrected chi connectivity index (χ4v) is 3.47. The molecule has 0 saturated carbocycles. The number of nitrogens with two attached hydrogens (primary N) is 1. The minimum atomic E-state index is -0.933. The fraction of sp³-hybridized carbons (Fsp3) is 0.174. The van der Waals surface area contributed by atoms with E-state index in [9.17, 15) is 14.4 Å². The molecule has 0 spiro atoms. The highest BCUT2D eigenvalue weighted by atomic mass is 16.2. The summed E-state index contributed by atoms with van der Waals surface area (Å²) in [6.07, 6.45) is 0.230. The SMILES string of the molecule is Cc1cc(C(=O)NNC(=O)C(Cc2ccccc2)NC(N)=O)c(C)n1-c1ccccc1. The van der Waals surface area contributed by atoms with E-state index >= 15 is 0 Å². The Hall–Kier alpha value is -4.07. The van der Waals surface area contributed by atoms with E-state index in [1.807, 2.05) is 79.1 Å². The minimum Gasteiger partial charge on any atom is -0.352 e. The number of urea groups is 1. The van der Waals surface area contributed by atoms with Crippen LogP contribution in [0.5, 0.6) is 0 Å². The number of aryl methyl sites for hydroxylation is 1. The normalized spacial score (nSPS) is 11.4. The summed E-state index contributed by atoms with van der Waals surface area (Å²) in [5.74, 6) is -1.03. The molecule has 0 fully saturated rings. The van der Waals surface area contributed by atoms with E-state index < -0.39 is 23.9 Å². The van der Waals surface area contributed by atoms with Crippen LogP contribution in [0.15, 0.2) is 66.7 Å². The number of para-hydroxylation sites is 1. The smallest absolute Gasteiger partial charge is 0.312 e. The zero-order valence-corrected chi connectivity index (χ0v) is 17.4. The van der Waals surface area contributed by atoms with Gasteiger partial charge in [-0.15, -0.1) is 0 Å². The highest BCUT2D eigenvalue weighted by Crippen LogP contribution is 2.20. The summed E-state index contributed by atoms with van der Waals surface area (Å²) in [5.41, 5.74) is 13.9. The van der Waals surface area contributed by atoms with Crippen LogP contribution in [0.3, 0.4) is 0 Å². The molecule has 0 radical (unpaired) electrons. The molecule has 31 heavy (non-hydrogen) atoms. The zero-order chi connectivity index (χ0) is 22.4. The third-order valence-electron chi connectivity index (χ3n) is 4.91. The van der Waals surface area contributed by atoms with Crippen molar-refractivity contribution in [1.29, 1.82) is 0 Å². The molecule has 8 heteroatoms. The van der Waals surface area contributed by atoms with Crippen LogP contribution in [0, 0.1) is 13.8 Å². The van der Waals surface area contributed by atoms with Gasteiger partial charge in [0, 0.05) is 23.5 Å². The quantitative estimate of drug-likeness (QED) is 0.458. The number of amides is 4. The lowest BCUT2D eigenvalue weighted by Gasteiger charge is -2.18. The largest absolute Gasteiger partial charge is 0.352 e. The molecule has 1 heterocycles. The van der Waals surface area contributed by atoms with Crippen molar-refractivity contribution in [3.63, 3.8) is 0 Å². The summed E-state index contributed by atoms with van der Waals surface area (Å²) < 4.78 is 1.96. The molecule has 5 N–H and O–H groups in total. The molecule has 1 aromatic heterocycles. The van der Waals surface area contributed by atoms with Crippen molar-refractivity contribution in [2.45, 2.75) is 26.3 Å². The van der Waals surface area contributed by atoms with E-state index in [0.29, 0.717) is 5.56 Å². The number of nitrogens with zero attached hydrogens (tertiary/aromatic N) is 1. The van der Waals surface area contributed by atoms with Crippen LogP contribution in [0.2, 0.25) is 0 Å². The molecule has 0 aliphatic heterocycles. The van der Waals surface area contributed by atoms with Gasteiger partial charge in [-0.05, 0) is 37.6 Å². The van der Waals surface area contributed by atoms with Crippen LogP contribution in [0.1, 0.15) is 27.3 Å². The maximum atomic E-state index is 12.7. The molecule has 0 saturated heterocycles. The Kier molecular flexibility index (Phi) is 6.71. The molecule has 1 unspecified atom stereocenters. The summed E-state index contributed by atoms with van der Waals surface area (Å²) in [7, 11) is 0. The maximum Gasteiger partial charge on any atom is 0.312 e. The average Bonchev–Trinajstić information content (AvgIpc) is 3.06. The lowest BCUT2D eigenvalue weighted by atomic mass is 10.1. The molecule has 3 rings (SSSR count). The summed E-state index contributed by atoms with van der Waals surface area (Å²) in [4.78, 5) is 36.6. The van der Waals surface area contributed by atoms with Gasteiger partial charge in [0.1, 0.15) is 6.04 Å². The van der Waals surface area contributed by atoms with Gasteiger partial charge in [-0.3, -0.25) is 20.4 Å². The van der Waals surface area contributed by atoms with Gasteiger partial charge < -0.3 is 15.6 Å². The number of aromatic nitrogens is 1. The standard InChI is InChI=1S/C23H25N5O3/c1-15-13-19(16(2)28(15)18-11-7-4-8-12-18)21(29)26-27-22(30)20(25-23(24)31)14-17-9-5-3-6-10-17/h3-13,20H,14H2,1-2H3,(H,26,29)(H,27,30)(H3,24,25,31). The number of benzene rings is 2. The number of carbonyl (C=O) groups is 3. The van der Waals surface area contributed by atoms with E-state index in [1.165, 1.54) is 0 Å². The minimum absolute atomic E-state index is 0.230. The van der Waals surface area contributed by atoms with Crippen molar-refractivity contribution in [2.75, 3.05) is 0 Å². The van der Waals surface area contributed by atoms with Gasteiger partial charge in [-0.1, -0.05) is 48.5 Å². The van der Waals surface area contributed by atoms with Crippen LogP contribution in [0.25, 0.3) is 5.69 Å². The molecular formula is C23H25N5O3. The Morgan fingerprint density at radius 3 is 2.16 bits per heavy atom. The van der Waals surface area contributed by atoms with E-state index in [-0.39, 0.29) is 6.42 Å². The molecule has 0 bridgehead atoms. The first-order chi connectivity index (χ1) is 14.9. The monoisotopic (exact) mass is 419 g/mol. The topological polar surface area (TPSA) is 118 Å². The Labute approximate surface area is 180 Å². The molecule has 4 amide bonds. The van der Waals surface area contributed by atoms with Crippen LogP contribution in [0.4, 0.5) is 4.79 Å². The van der Waals surface area contributed by atoms with Crippen molar-refractivity contribution in [1.82, 2.24) is 20.7 Å². The Morgan fingerprint density at radius 2 is 1.55 bits per heavy atom. The van der Waals surface area contributed by atoms with Gasteiger partial charge in [-0.2, -0.15) is 0 Å². The lowest BCUT2D eigenvalue weighted by Crippen LogP contribution is -2.54. The van der Waals surface area contributed by atoms with Crippen molar-refractivity contribution < 1.29 is 14.4 Å². The number of nitrogens with one attached hydrogen (secondary N) is 3. The second kappa shape index (κ2) is 9.62. The van der Waals surface area contributed by atoms with E-state index in [4.69, 9.17) is 5.73 Å². The second-order valence-corrected chi connectivity index (χ2v) is 7.15. The Morgan fingerprint density at radius 1 is 0.935 bits per heavy atom. The van der Waals surface area contributed by atoms with E-state index in [2.05, 4.69) is 16.2 Å². The zero-order valence-electron chi connectivity index (χ0n) is 17.4. The third kappa shape index (κ3) is 5.30. The molecule has 3 aromatic rings. The number of hydrogen-bond donors (Lipinski definition) is 4. The molecule has 0 aliphatic rings. The highest BCUT2D eigenvalue weighted by Gasteiger charge is 2.22. The van der Waals surface area contributed by atoms with E-state index in [0.717, 1.165) is 22.6 Å². The number of rotatable bonds is 6. The lowest BCUT2D eigenvalue weighted by molar-refractivity contribution is -0.123. The first kappa shape index (κ1) is 21.6. The first-order valence-corrected chi connectivity index (χ1v) is 9.81. The van der Waals surface area contributed by atoms with Crippen molar-refractivity contribution in [3.05, 3.63) is 89.2 Å². The van der Waals surface area contributed by atoms with Gasteiger partial charge >= 0.3 is 6.03 Å². The van der Waals surface area contributed by atoms with E-state index in [1.54, 1.807) is 6.07 Å². The van der Waals surface area contributed by atoms with Crippen molar-refractivity contribution >= 4 is 17.8 Å². The van der Waals surface area contributed by atoms with Gasteiger partial charge in [0.05, 0.1) is 5.56 Å². The van der Waals surface area contributed by atoms with Gasteiger partial charge in [-0.25, -0.2) is 4.79 Å². The molecule has 2 aromatic carbocycles. The van der Waals surface area contributed by atoms with Gasteiger partial charge in [0.25, 0.3) is 11.8 Å². The Bertz CT molecular complexity index is 1080. The number of hydrogen-bond acceptors (Lipinski definition) is 3. The summed E-state index contributed by atoms with van der Waals surface area (Å²) >= 11 is 0. The van der Waals surface area contributed by atoms with Gasteiger partial charge in [0.15, 0.2) is 0 Å². The summed E-state index contributed by atoms with van der Waals surface area (Å²) in [6.45, 7) is 3.74. The average molecular weight is 419 g/mol. The summed E-state index contributed by atoms with van der Waals surface area (Å²) in [5, 5.41) is 2.41. The molecule has 8 nitrogen and oxygen atoms in total. The highest BCUT2D eigenvalue weighted by molar-refractivity contribution is 5.97. The van der Waals surface area contributed by atoms with Crippen LogP contribution < -0.4 is 21.9 Å². The van der Waals surface area contributed by atoms with Crippen LogP contribution in [-0.2, 0) is 11.2 Å². The van der Waals surface area contributed by atoms with Crippen molar-refractivity contribution in [2.24, 2.45) is 5.73 Å². The first-order valence-electron chi connectivity index (χ1n) is 9.81. The third-order valence-corrected chi connectivity index (χ3v) is 4.91. The fourth-order valence-electron chi connectivity index (χ4n) is 3.47. The molecule has 0 aliphatic carbocycles. The van der Waals surface area contributed by atoms with Crippen LogP contribution >= 0.6 is 0 Å². The van der Waals surface area contributed by atoms with Crippen molar-refractivity contribution in [3.8, 4) is 5.69 Å². The number of hydrazine groups is 1. The molecular weight excluding hydrogens is 394 g/mol. The predicted octanol–water partition coefficient (Wildman–Crippen LogP) is 2.13. The summed E-state index contributed by atoms with van der Waals surface area (Å²) in [6, 6.07) is 18.9. The number of primary amides is 1.